The molecule has 2 N–H and O–H groups in total. The first kappa shape index (κ1) is 20.5. The second kappa shape index (κ2) is 8.70. The Morgan fingerprint density at radius 1 is 1.22 bits per heavy atom. The number of oxazole rings is 1. The van der Waals surface area contributed by atoms with E-state index in [0.29, 0.717) is 18.9 Å². The molecule has 0 spiro atoms. The summed E-state index contributed by atoms with van der Waals surface area (Å²) in [5, 5.41) is 5.61. The van der Waals surface area contributed by atoms with Crippen LogP contribution < -0.4 is 10.6 Å². The van der Waals surface area contributed by atoms with Gasteiger partial charge in [0.25, 0.3) is 5.91 Å². The lowest BCUT2D eigenvalue weighted by Crippen LogP contribution is -2.34. The molecule has 0 bridgehead atoms. The van der Waals surface area contributed by atoms with Crippen LogP contribution in [0.5, 0.6) is 0 Å². The topological polar surface area (TPSA) is 93.5 Å². The van der Waals surface area contributed by atoms with Crippen molar-refractivity contribution in [2.24, 2.45) is 0 Å². The number of carbonyl (C=O) groups is 2. The molecule has 0 radical (unpaired) electrons. The Morgan fingerprint density at radius 3 is 2.44 bits per heavy atom. The first-order valence-corrected chi connectivity index (χ1v) is 8.99. The molecule has 146 valence electrons. The Kier molecular flexibility index (Phi) is 6.60. The van der Waals surface area contributed by atoms with Crippen LogP contribution >= 0.6 is 0 Å². The summed E-state index contributed by atoms with van der Waals surface area (Å²) in [7, 11) is 0. The van der Waals surface area contributed by atoms with Gasteiger partial charge in [-0.1, -0.05) is 31.2 Å². The van der Waals surface area contributed by atoms with Gasteiger partial charge in [-0.2, -0.15) is 0 Å². The number of nitrogens with zero attached hydrogens (tertiary/aromatic N) is 1. The van der Waals surface area contributed by atoms with Gasteiger partial charge in [0.15, 0.2) is 11.6 Å². The number of aromatic nitrogens is 1. The minimum Gasteiger partial charge on any atom is -0.448 e. The second-order valence-electron chi connectivity index (χ2n) is 7.27. The highest BCUT2D eigenvalue weighted by Gasteiger charge is 2.18. The fraction of sp³-hybridized carbons (Fsp3) is 0.450. The molecule has 2 aromatic rings. The average molecular weight is 373 g/mol. The first-order valence-electron chi connectivity index (χ1n) is 8.99. The van der Waals surface area contributed by atoms with Crippen molar-refractivity contribution in [1.82, 2.24) is 15.6 Å². The Labute approximate surface area is 159 Å². The van der Waals surface area contributed by atoms with E-state index in [4.69, 9.17) is 9.15 Å². The minimum absolute atomic E-state index is 0.189. The standard InChI is InChI=1S/C20H27N3O4/c1-6-17-23-16(12-26-17)18(24)21-11-14-7-9-15(10-8-14)13(2)22-19(25)27-20(3,4)5/h7-10,12-13H,6,11H2,1-5H3,(H,21,24)(H,22,25). The van der Waals surface area contributed by atoms with Crippen LogP contribution in [0.4, 0.5) is 4.79 Å². The molecule has 2 rings (SSSR count). The van der Waals surface area contributed by atoms with E-state index in [-0.39, 0.29) is 17.6 Å². The fourth-order valence-corrected chi connectivity index (χ4v) is 2.34. The molecule has 7 heteroatoms. The summed E-state index contributed by atoms with van der Waals surface area (Å²) < 4.78 is 10.4. The third-order valence-corrected chi connectivity index (χ3v) is 3.75. The number of benzene rings is 1. The molecule has 0 aliphatic carbocycles. The molecular weight excluding hydrogens is 346 g/mol. The fourth-order valence-electron chi connectivity index (χ4n) is 2.34. The predicted molar refractivity (Wildman–Crippen MR) is 101 cm³/mol. The lowest BCUT2D eigenvalue weighted by Gasteiger charge is -2.22. The SMILES string of the molecule is CCc1nc(C(=O)NCc2ccc(C(C)NC(=O)OC(C)(C)C)cc2)co1. The Morgan fingerprint density at radius 2 is 1.89 bits per heavy atom. The summed E-state index contributed by atoms with van der Waals surface area (Å²) in [5.74, 6) is 0.262. The van der Waals surface area contributed by atoms with E-state index in [1.54, 1.807) is 0 Å². The number of hydrogen-bond donors (Lipinski definition) is 2. The molecular formula is C20H27N3O4. The maximum absolute atomic E-state index is 12.1. The van der Waals surface area contributed by atoms with E-state index in [2.05, 4.69) is 15.6 Å². The Bertz CT molecular complexity index is 775. The van der Waals surface area contributed by atoms with Crippen molar-refractivity contribution in [3.05, 3.63) is 53.2 Å². The van der Waals surface area contributed by atoms with Crippen molar-refractivity contribution in [2.45, 2.75) is 59.2 Å². The number of carbonyl (C=O) groups excluding carboxylic acids is 2. The van der Waals surface area contributed by atoms with Gasteiger partial charge < -0.3 is 19.8 Å². The normalized spacial score (nSPS) is 12.3. The first-order chi connectivity index (χ1) is 12.7. The molecule has 27 heavy (non-hydrogen) atoms. The maximum atomic E-state index is 12.1. The third-order valence-electron chi connectivity index (χ3n) is 3.75. The Hall–Kier alpha value is -2.83. The zero-order chi connectivity index (χ0) is 20.0. The van der Waals surface area contributed by atoms with Crippen LogP contribution in [0.3, 0.4) is 0 Å². The zero-order valence-corrected chi connectivity index (χ0v) is 16.5. The summed E-state index contributed by atoms with van der Waals surface area (Å²) >= 11 is 0. The van der Waals surface area contributed by atoms with Crippen molar-refractivity contribution in [3.8, 4) is 0 Å². The molecule has 1 aromatic carbocycles. The second-order valence-corrected chi connectivity index (χ2v) is 7.27. The number of ether oxygens (including phenoxy) is 1. The quantitative estimate of drug-likeness (QED) is 0.804. The van der Waals surface area contributed by atoms with Crippen molar-refractivity contribution in [1.29, 1.82) is 0 Å². The van der Waals surface area contributed by atoms with Gasteiger partial charge in [-0.05, 0) is 38.8 Å². The molecule has 0 aliphatic heterocycles. The molecule has 2 amide bonds. The number of amides is 2. The van der Waals surface area contributed by atoms with Gasteiger partial charge in [-0.15, -0.1) is 0 Å². The predicted octanol–water partition coefficient (Wildman–Crippen LogP) is 3.75. The van der Waals surface area contributed by atoms with Crippen molar-refractivity contribution < 1.29 is 18.7 Å². The minimum atomic E-state index is -0.534. The van der Waals surface area contributed by atoms with Gasteiger partial charge in [-0.25, -0.2) is 9.78 Å². The smallest absolute Gasteiger partial charge is 0.408 e. The lowest BCUT2D eigenvalue weighted by atomic mass is 10.1. The van der Waals surface area contributed by atoms with Crippen molar-refractivity contribution in [2.75, 3.05) is 0 Å². The van der Waals surface area contributed by atoms with Crippen LogP contribution in [0.25, 0.3) is 0 Å². The summed E-state index contributed by atoms with van der Waals surface area (Å²) in [6.45, 7) is 9.64. The molecule has 1 heterocycles. The number of aryl methyl sites for hydroxylation is 1. The van der Waals surface area contributed by atoms with E-state index in [1.807, 2.05) is 58.9 Å². The third kappa shape index (κ3) is 6.44. The average Bonchev–Trinajstić information content (AvgIpc) is 3.07. The molecule has 1 atom stereocenters. The van der Waals surface area contributed by atoms with E-state index >= 15 is 0 Å². The van der Waals surface area contributed by atoms with Crippen LogP contribution in [-0.2, 0) is 17.7 Å². The van der Waals surface area contributed by atoms with Gasteiger partial charge in [0.2, 0.25) is 0 Å². The van der Waals surface area contributed by atoms with Gasteiger partial charge in [-0.3, -0.25) is 4.79 Å². The Balaban J connectivity index is 1.87. The number of rotatable bonds is 6. The lowest BCUT2D eigenvalue weighted by molar-refractivity contribution is 0.0507. The largest absolute Gasteiger partial charge is 0.448 e. The maximum Gasteiger partial charge on any atom is 0.408 e. The highest BCUT2D eigenvalue weighted by molar-refractivity contribution is 5.91. The van der Waals surface area contributed by atoms with Crippen LogP contribution in [-0.4, -0.2) is 22.6 Å². The molecule has 7 nitrogen and oxygen atoms in total. The van der Waals surface area contributed by atoms with E-state index in [0.717, 1.165) is 11.1 Å². The monoisotopic (exact) mass is 373 g/mol. The van der Waals surface area contributed by atoms with Gasteiger partial charge in [0.05, 0.1) is 6.04 Å². The summed E-state index contributed by atoms with van der Waals surface area (Å²) in [4.78, 5) is 28.0. The molecule has 0 fully saturated rings. The summed E-state index contributed by atoms with van der Waals surface area (Å²) in [5.41, 5.74) is 1.63. The zero-order valence-electron chi connectivity index (χ0n) is 16.5. The highest BCUT2D eigenvalue weighted by Crippen LogP contribution is 2.15. The van der Waals surface area contributed by atoms with Crippen molar-refractivity contribution >= 4 is 12.0 Å². The molecule has 0 saturated heterocycles. The van der Waals surface area contributed by atoms with Crippen LogP contribution in [0, 0.1) is 0 Å². The summed E-state index contributed by atoms with van der Waals surface area (Å²) in [6, 6.07) is 7.45. The number of alkyl carbamates (subject to hydrolysis) is 1. The number of nitrogens with one attached hydrogen (secondary N) is 2. The number of hydrogen-bond acceptors (Lipinski definition) is 5. The van der Waals surface area contributed by atoms with E-state index < -0.39 is 11.7 Å². The molecule has 0 saturated carbocycles. The van der Waals surface area contributed by atoms with Crippen molar-refractivity contribution in [3.63, 3.8) is 0 Å². The molecule has 1 aromatic heterocycles. The van der Waals surface area contributed by atoms with Gasteiger partial charge >= 0.3 is 6.09 Å². The van der Waals surface area contributed by atoms with Gasteiger partial charge in [0.1, 0.15) is 11.9 Å². The van der Waals surface area contributed by atoms with E-state index in [9.17, 15) is 9.59 Å². The van der Waals surface area contributed by atoms with Crippen LogP contribution in [0.1, 0.15) is 68.2 Å². The highest BCUT2D eigenvalue weighted by atomic mass is 16.6. The van der Waals surface area contributed by atoms with Gasteiger partial charge in [0, 0.05) is 13.0 Å². The van der Waals surface area contributed by atoms with Crippen LogP contribution in [0.2, 0.25) is 0 Å². The molecule has 1 unspecified atom stereocenters. The van der Waals surface area contributed by atoms with Crippen LogP contribution in [0.15, 0.2) is 34.9 Å². The molecule has 0 aliphatic rings. The summed E-state index contributed by atoms with van der Waals surface area (Å²) in [6.07, 6.45) is 1.55. The van der Waals surface area contributed by atoms with E-state index in [1.165, 1.54) is 6.26 Å².